The summed E-state index contributed by atoms with van der Waals surface area (Å²) in [7, 11) is -1.09. The van der Waals surface area contributed by atoms with Crippen LogP contribution in [0, 0.1) is 6.92 Å². The Morgan fingerprint density at radius 2 is 2.10 bits per heavy atom. The smallest absolute Gasteiger partial charge is 0.162 e. The molecule has 29 heavy (non-hydrogen) atoms. The molecule has 0 aliphatic heterocycles. The molecule has 1 unspecified atom stereocenters. The number of nitrogens with one attached hydrogen (secondary N) is 2. The van der Waals surface area contributed by atoms with Crippen molar-refractivity contribution in [2.45, 2.75) is 13.8 Å². The van der Waals surface area contributed by atoms with Gasteiger partial charge < -0.3 is 5.32 Å². The van der Waals surface area contributed by atoms with Crippen molar-refractivity contribution in [1.82, 2.24) is 24.1 Å². The van der Waals surface area contributed by atoms with E-state index in [0.29, 0.717) is 23.2 Å². The summed E-state index contributed by atoms with van der Waals surface area (Å²) in [4.78, 5) is 9.52. The number of anilines is 2. The Bertz CT molecular complexity index is 1370. The quantitative estimate of drug-likeness (QED) is 0.431. The van der Waals surface area contributed by atoms with E-state index in [1.807, 2.05) is 61.1 Å². The van der Waals surface area contributed by atoms with E-state index in [1.165, 1.54) is 0 Å². The lowest BCUT2D eigenvalue weighted by Gasteiger charge is -2.08. The Kier molecular flexibility index (Phi) is 4.40. The number of benzene rings is 1. The van der Waals surface area contributed by atoms with Crippen molar-refractivity contribution < 1.29 is 4.21 Å². The maximum Gasteiger partial charge on any atom is 0.162 e. The van der Waals surface area contributed by atoms with Gasteiger partial charge in [0.25, 0.3) is 0 Å². The summed E-state index contributed by atoms with van der Waals surface area (Å²) in [6, 6.07) is 9.91. The largest absolute Gasteiger partial charge is 0.323 e. The highest BCUT2D eigenvalue weighted by molar-refractivity contribution is 7.83. The highest BCUT2D eigenvalue weighted by atomic mass is 32.2. The molecule has 9 heteroatoms. The van der Waals surface area contributed by atoms with E-state index in [1.54, 1.807) is 15.3 Å². The number of fused-ring (bicyclic) bond motifs is 2. The molecule has 0 spiro atoms. The minimum atomic E-state index is -1.09. The highest BCUT2D eigenvalue weighted by Gasteiger charge is 2.14. The van der Waals surface area contributed by atoms with E-state index >= 15 is 0 Å². The van der Waals surface area contributed by atoms with Gasteiger partial charge in [-0.2, -0.15) is 5.10 Å². The van der Waals surface area contributed by atoms with Crippen LogP contribution in [0.3, 0.4) is 0 Å². The third kappa shape index (κ3) is 3.22. The molecule has 0 radical (unpaired) electrons. The summed E-state index contributed by atoms with van der Waals surface area (Å²) in [6.07, 6.45) is 1.86. The van der Waals surface area contributed by atoms with Crippen LogP contribution in [-0.2, 0) is 11.0 Å². The average Bonchev–Trinajstić information content (AvgIpc) is 3.46. The van der Waals surface area contributed by atoms with Crippen molar-refractivity contribution >= 4 is 55.8 Å². The third-order valence-electron chi connectivity index (χ3n) is 4.67. The fourth-order valence-electron chi connectivity index (χ4n) is 3.25. The molecule has 0 saturated heterocycles. The minimum Gasteiger partial charge on any atom is -0.323 e. The van der Waals surface area contributed by atoms with Crippen molar-refractivity contribution in [3.63, 3.8) is 0 Å². The second kappa shape index (κ2) is 7.09. The molecule has 5 rings (SSSR count). The molecule has 0 bridgehead atoms. The normalized spacial score (nSPS) is 12.6. The molecule has 0 amide bonds. The summed E-state index contributed by atoms with van der Waals surface area (Å²) >= 11 is 1.58. The van der Waals surface area contributed by atoms with Gasteiger partial charge in [0.05, 0.1) is 16.4 Å². The van der Waals surface area contributed by atoms with Crippen LogP contribution in [0.15, 0.2) is 47.3 Å². The maximum absolute atomic E-state index is 12.4. The van der Waals surface area contributed by atoms with Gasteiger partial charge in [0.2, 0.25) is 0 Å². The molecule has 0 saturated carbocycles. The SMILES string of the molecule is CCS(=O)n1ccc2ccc(-c3nc(Nc4cc(C)[nH]n4)c4cscc4n3)cc21. The van der Waals surface area contributed by atoms with Gasteiger partial charge in [-0.3, -0.25) is 9.07 Å². The molecule has 146 valence electrons. The van der Waals surface area contributed by atoms with Gasteiger partial charge in [-0.15, -0.1) is 11.3 Å². The second-order valence-corrected chi connectivity index (χ2v) is 9.01. The Morgan fingerprint density at radius 1 is 1.21 bits per heavy atom. The fourth-order valence-corrected chi connectivity index (χ4v) is 4.84. The predicted octanol–water partition coefficient (Wildman–Crippen LogP) is 4.62. The summed E-state index contributed by atoms with van der Waals surface area (Å²) in [5.41, 5.74) is 3.63. The van der Waals surface area contributed by atoms with Gasteiger partial charge in [0.15, 0.2) is 11.6 Å². The van der Waals surface area contributed by atoms with E-state index in [9.17, 15) is 4.21 Å². The molecule has 0 fully saturated rings. The zero-order chi connectivity index (χ0) is 20.0. The number of hydrogen-bond donors (Lipinski definition) is 2. The topological polar surface area (TPSA) is 88.5 Å². The van der Waals surface area contributed by atoms with Crippen LogP contribution in [0.4, 0.5) is 11.6 Å². The number of aromatic amines is 1. The first-order valence-electron chi connectivity index (χ1n) is 9.15. The molecule has 7 nitrogen and oxygen atoms in total. The Balaban J connectivity index is 1.64. The first-order chi connectivity index (χ1) is 14.1. The first kappa shape index (κ1) is 18.0. The van der Waals surface area contributed by atoms with E-state index < -0.39 is 11.0 Å². The predicted molar refractivity (Wildman–Crippen MR) is 119 cm³/mol. The summed E-state index contributed by atoms with van der Waals surface area (Å²) < 4.78 is 14.2. The lowest BCUT2D eigenvalue weighted by Crippen LogP contribution is -2.04. The number of aryl methyl sites for hydroxylation is 1. The van der Waals surface area contributed by atoms with Crippen molar-refractivity contribution in [2.75, 3.05) is 11.1 Å². The number of thiophene rings is 1. The van der Waals surface area contributed by atoms with E-state index in [0.717, 1.165) is 33.1 Å². The van der Waals surface area contributed by atoms with Gasteiger partial charge in [-0.05, 0) is 19.1 Å². The molecular formula is C20H18N6OS2. The third-order valence-corrected chi connectivity index (χ3v) is 6.66. The molecule has 4 heterocycles. The second-order valence-electron chi connectivity index (χ2n) is 6.65. The van der Waals surface area contributed by atoms with Gasteiger partial charge in [-0.25, -0.2) is 14.2 Å². The van der Waals surface area contributed by atoms with E-state index in [-0.39, 0.29) is 0 Å². The summed E-state index contributed by atoms with van der Waals surface area (Å²) in [6.45, 7) is 3.86. The number of aromatic nitrogens is 5. The molecule has 0 aliphatic rings. The maximum atomic E-state index is 12.4. The fraction of sp³-hybridized carbons (Fsp3) is 0.150. The van der Waals surface area contributed by atoms with Crippen LogP contribution in [0.1, 0.15) is 12.6 Å². The lowest BCUT2D eigenvalue weighted by atomic mass is 10.1. The number of nitrogens with zero attached hydrogens (tertiary/aromatic N) is 4. The average molecular weight is 423 g/mol. The Morgan fingerprint density at radius 3 is 2.90 bits per heavy atom. The zero-order valence-corrected chi connectivity index (χ0v) is 17.5. The van der Waals surface area contributed by atoms with Crippen LogP contribution >= 0.6 is 11.3 Å². The van der Waals surface area contributed by atoms with Gasteiger partial charge in [0, 0.05) is 45.4 Å². The molecule has 1 atom stereocenters. The van der Waals surface area contributed by atoms with Gasteiger partial charge >= 0.3 is 0 Å². The Labute approximate surface area is 173 Å². The minimum absolute atomic E-state index is 0.558. The molecular weight excluding hydrogens is 404 g/mol. The summed E-state index contributed by atoms with van der Waals surface area (Å²) in [5.74, 6) is 2.60. The molecule has 0 aliphatic carbocycles. The molecule has 4 aromatic heterocycles. The molecule has 1 aromatic carbocycles. The standard InChI is InChI=1S/C20H18N6OS2/c1-3-29(27)26-7-6-13-4-5-14(9-17(13)26)19-21-16-11-28-10-15(16)20(23-19)22-18-8-12(2)24-25-18/h4-11H,3H2,1-2H3,(H2,21,22,23,24,25). The Hall–Kier alpha value is -3.04. The van der Waals surface area contributed by atoms with Gasteiger partial charge in [-0.1, -0.05) is 19.1 Å². The number of hydrogen-bond acceptors (Lipinski definition) is 6. The van der Waals surface area contributed by atoms with Crippen molar-refractivity contribution in [1.29, 1.82) is 0 Å². The lowest BCUT2D eigenvalue weighted by molar-refractivity contribution is 0.679. The summed E-state index contributed by atoms with van der Waals surface area (Å²) in [5, 5.41) is 16.5. The molecule has 5 aromatic rings. The van der Waals surface area contributed by atoms with Crippen LogP contribution in [0.2, 0.25) is 0 Å². The van der Waals surface area contributed by atoms with E-state index in [2.05, 4.69) is 15.5 Å². The van der Waals surface area contributed by atoms with Crippen LogP contribution in [-0.4, -0.2) is 34.1 Å². The van der Waals surface area contributed by atoms with Crippen LogP contribution in [0.5, 0.6) is 0 Å². The van der Waals surface area contributed by atoms with Gasteiger partial charge in [0.1, 0.15) is 16.8 Å². The number of H-pyrrole nitrogens is 1. The molecule has 2 N–H and O–H groups in total. The van der Waals surface area contributed by atoms with Crippen LogP contribution in [0.25, 0.3) is 33.2 Å². The number of rotatable bonds is 5. The van der Waals surface area contributed by atoms with Crippen molar-refractivity contribution in [2.24, 2.45) is 0 Å². The van der Waals surface area contributed by atoms with Crippen molar-refractivity contribution in [3.8, 4) is 11.4 Å². The zero-order valence-electron chi connectivity index (χ0n) is 15.8. The van der Waals surface area contributed by atoms with Crippen LogP contribution < -0.4 is 5.32 Å². The van der Waals surface area contributed by atoms with E-state index in [4.69, 9.17) is 9.97 Å². The van der Waals surface area contributed by atoms with Crippen molar-refractivity contribution in [3.05, 3.63) is 53.0 Å². The highest BCUT2D eigenvalue weighted by Crippen LogP contribution is 2.31. The monoisotopic (exact) mass is 422 g/mol. The first-order valence-corrected chi connectivity index (χ1v) is 11.4.